The van der Waals surface area contributed by atoms with Crippen molar-refractivity contribution in [2.24, 2.45) is 0 Å². The Bertz CT molecular complexity index is 750. The minimum Gasteiger partial charge on any atom is -0.364 e. The van der Waals surface area contributed by atoms with Crippen LogP contribution in [-0.2, 0) is 4.74 Å². The minimum atomic E-state index is -1.07. The monoisotopic (exact) mass is 330 g/mol. The molecular weight excluding hydrogens is 311 g/mol. The Kier molecular flexibility index (Phi) is 4.32. The summed E-state index contributed by atoms with van der Waals surface area (Å²) in [4.78, 5) is 1.17. The third-order valence-corrected chi connectivity index (χ3v) is 4.78. The fourth-order valence-electron chi connectivity index (χ4n) is 3.05. The van der Waals surface area contributed by atoms with E-state index < -0.39 is 11.9 Å². The molecule has 0 aliphatic carbocycles. The zero-order chi connectivity index (χ0) is 16.6. The zero-order valence-corrected chi connectivity index (χ0v) is 14.2. The average Bonchev–Trinajstić information content (AvgIpc) is 2.76. The molecule has 3 rings (SSSR count). The number of halogens is 1. The number of thioether (sulfide) groups is 1. The van der Waals surface area contributed by atoms with Crippen LogP contribution in [0.15, 0.2) is 53.4 Å². The van der Waals surface area contributed by atoms with Gasteiger partial charge in [0.15, 0.2) is 6.29 Å². The van der Waals surface area contributed by atoms with Crippen molar-refractivity contribution in [2.75, 3.05) is 6.26 Å². The van der Waals surface area contributed by atoms with Gasteiger partial charge >= 0.3 is 0 Å². The standard InChI is InChI=1S/C19H19FO2S/c1-19(2)17(12-7-9-15(23-3)10-8-12)16(18(21)22-19)13-5-4-6-14(20)11-13/h4-11,18,21H,1-3H3. The summed E-state index contributed by atoms with van der Waals surface area (Å²) in [7, 11) is 0. The highest BCUT2D eigenvalue weighted by atomic mass is 32.2. The molecule has 120 valence electrons. The molecule has 2 aromatic carbocycles. The lowest BCUT2D eigenvalue weighted by Gasteiger charge is -2.22. The number of ether oxygens (including phenoxy) is 1. The lowest BCUT2D eigenvalue weighted by molar-refractivity contribution is -0.101. The second-order valence-corrected chi connectivity index (χ2v) is 6.89. The summed E-state index contributed by atoms with van der Waals surface area (Å²) in [5, 5.41) is 10.4. The molecule has 0 bridgehead atoms. The van der Waals surface area contributed by atoms with Gasteiger partial charge in [0, 0.05) is 10.5 Å². The van der Waals surface area contributed by atoms with Crippen molar-refractivity contribution in [3.63, 3.8) is 0 Å². The normalized spacial score (nSPS) is 20.1. The average molecular weight is 330 g/mol. The number of aliphatic hydroxyl groups is 1. The van der Waals surface area contributed by atoms with Gasteiger partial charge in [-0.2, -0.15) is 0 Å². The number of aliphatic hydroxyl groups excluding tert-OH is 1. The van der Waals surface area contributed by atoms with Gasteiger partial charge in [0.1, 0.15) is 5.82 Å². The summed E-state index contributed by atoms with van der Waals surface area (Å²) in [6.45, 7) is 3.83. The summed E-state index contributed by atoms with van der Waals surface area (Å²) >= 11 is 1.67. The first kappa shape index (κ1) is 16.2. The van der Waals surface area contributed by atoms with E-state index in [1.807, 2.05) is 44.4 Å². The van der Waals surface area contributed by atoms with Crippen LogP contribution in [0.5, 0.6) is 0 Å². The molecule has 0 saturated heterocycles. The molecule has 1 aliphatic heterocycles. The van der Waals surface area contributed by atoms with Gasteiger partial charge in [-0.1, -0.05) is 24.3 Å². The number of rotatable bonds is 3. The quantitative estimate of drug-likeness (QED) is 0.835. The second kappa shape index (κ2) is 6.11. The number of benzene rings is 2. The maximum absolute atomic E-state index is 13.6. The maximum Gasteiger partial charge on any atom is 0.183 e. The molecule has 23 heavy (non-hydrogen) atoms. The molecule has 1 unspecified atom stereocenters. The van der Waals surface area contributed by atoms with Crippen LogP contribution in [0, 0.1) is 5.82 Å². The molecule has 0 amide bonds. The van der Waals surface area contributed by atoms with Crippen LogP contribution in [0.3, 0.4) is 0 Å². The van der Waals surface area contributed by atoms with Gasteiger partial charge in [-0.15, -0.1) is 11.8 Å². The van der Waals surface area contributed by atoms with E-state index in [1.54, 1.807) is 23.9 Å². The minimum absolute atomic E-state index is 0.330. The van der Waals surface area contributed by atoms with Crippen molar-refractivity contribution in [1.82, 2.24) is 0 Å². The van der Waals surface area contributed by atoms with Crippen LogP contribution < -0.4 is 0 Å². The molecule has 0 radical (unpaired) electrons. The summed E-state index contributed by atoms with van der Waals surface area (Å²) in [5.74, 6) is -0.330. The third kappa shape index (κ3) is 3.07. The first-order valence-corrected chi connectivity index (χ1v) is 8.66. The Labute approximate surface area is 140 Å². The predicted octanol–water partition coefficient (Wildman–Crippen LogP) is 4.59. The molecule has 4 heteroatoms. The molecule has 0 aromatic heterocycles. The van der Waals surface area contributed by atoms with Crippen LogP contribution >= 0.6 is 11.8 Å². The fourth-order valence-corrected chi connectivity index (χ4v) is 3.46. The first-order valence-electron chi connectivity index (χ1n) is 7.43. The second-order valence-electron chi connectivity index (χ2n) is 6.01. The van der Waals surface area contributed by atoms with Crippen molar-refractivity contribution in [3.05, 3.63) is 65.5 Å². The Morgan fingerprint density at radius 1 is 1.09 bits per heavy atom. The highest BCUT2D eigenvalue weighted by Crippen LogP contribution is 2.45. The van der Waals surface area contributed by atoms with E-state index in [0.29, 0.717) is 11.1 Å². The van der Waals surface area contributed by atoms with Gasteiger partial charge in [-0.3, -0.25) is 0 Å². The molecular formula is C19H19FO2S. The Morgan fingerprint density at radius 2 is 1.78 bits per heavy atom. The van der Waals surface area contributed by atoms with Gasteiger partial charge in [0.2, 0.25) is 0 Å². The van der Waals surface area contributed by atoms with Gasteiger partial charge in [0.05, 0.1) is 5.60 Å². The molecule has 1 N–H and O–H groups in total. The number of hydrogen-bond acceptors (Lipinski definition) is 3. The van der Waals surface area contributed by atoms with Gasteiger partial charge in [0.25, 0.3) is 0 Å². The fraction of sp³-hybridized carbons (Fsp3) is 0.263. The Morgan fingerprint density at radius 3 is 2.39 bits per heavy atom. The smallest absolute Gasteiger partial charge is 0.183 e. The van der Waals surface area contributed by atoms with E-state index in [9.17, 15) is 9.50 Å². The highest BCUT2D eigenvalue weighted by Gasteiger charge is 2.40. The molecule has 1 aliphatic rings. The van der Waals surface area contributed by atoms with E-state index in [2.05, 4.69) is 0 Å². The lowest BCUT2D eigenvalue weighted by Crippen LogP contribution is -2.24. The molecule has 0 fully saturated rings. The van der Waals surface area contributed by atoms with Crippen LogP contribution in [0.4, 0.5) is 4.39 Å². The largest absolute Gasteiger partial charge is 0.364 e. The Balaban J connectivity index is 2.19. The maximum atomic E-state index is 13.6. The van der Waals surface area contributed by atoms with E-state index in [-0.39, 0.29) is 5.82 Å². The van der Waals surface area contributed by atoms with E-state index in [4.69, 9.17) is 4.74 Å². The van der Waals surface area contributed by atoms with Crippen LogP contribution in [-0.4, -0.2) is 23.3 Å². The lowest BCUT2D eigenvalue weighted by atomic mass is 9.87. The summed E-state index contributed by atoms with van der Waals surface area (Å²) in [5.41, 5.74) is 2.49. The summed E-state index contributed by atoms with van der Waals surface area (Å²) in [6.07, 6.45) is 0.959. The van der Waals surface area contributed by atoms with E-state index in [0.717, 1.165) is 11.1 Å². The van der Waals surface area contributed by atoms with Crippen molar-refractivity contribution in [2.45, 2.75) is 30.6 Å². The van der Waals surface area contributed by atoms with Gasteiger partial charge < -0.3 is 9.84 Å². The number of hydrogen-bond donors (Lipinski definition) is 1. The summed E-state index contributed by atoms with van der Waals surface area (Å²) in [6, 6.07) is 14.4. The van der Waals surface area contributed by atoms with Crippen molar-refractivity contribution in [3.8, 4) is 0 Å². The van der Waals surface area contributed by atoms with Crippen LogP contribution in [0.2, 0.25) is 0 Å². The van der Waals surface area contributed by atoms with Crippen molar-refractivity contribution in [1.29, 1.82) is 0 Å². The zero-order valence-electron chi connectivity index (χ0n) is 13.3. The Hall–Kier alpha value is -1.62. The van der Waals surface area contributed by atoms with Crippen LogP contribution in [0.25, 0.3) is 11.1 Å². The molecule has 2 nitrogen and oxygen atoms in total. The van der Waals surface area contributed by atoms with Crippen molar-refractivity contribution < 1.29 is 14.2 Å². The van der Waals surface area contributed by atoms with Gasteiger partial charge in [-0.05, 0) is 61.1 Å². The third-order valence-electron chi connectivity index (χ3n) is 4.04. The molecule has 1 atom stereocenters. The predicted molar refractivity (Wildman–Crippen MR) is 92.6 cm³/mol. The van der Waals surface area contributed by atoms with E-state index in [1.165, 1.54) is 17.0 Å². The molecule has 0 saturated carbocycles. The summed E-state index contributed by atoms with van der Waals surface area (Å²) < 4.78 is 19.4. The molecule has 0 spiro atoms. The first-order chi connectivity index (χ1) is 10.9. The van der Waals surface area contributed by atoms with Gasteiger partial charge in [-0.25, -0.2) is 4.39 Å². The SMILES string of the molecule is CSc1ccc(C2=C(c3cccc(F)c3)C(O)OC2(C)C)cc1. The topological polar surface area (TPSA) is 29.5 Å². The molecule has 1 heterocycles. The van der Waals surface area contributed by atoms with E-state index >= 15 is 0 Å². The molecule has 2 aromatic rings. The van der Waals surface area contributed by atoms with Crippen molar-refractivity contribution >= 4 is 22.9 Å². The highest BCUT2D eigenvalue weighted by molar-refractivity contribution is 7.98. The van der Waals surface area contributed by atoms with Crippen LogP contribution in [0.1, 0.15) is 25.0 Å².